The van der Waals surface area contributed by atoms with Gasteiger partial charge in [0.2, 0.25) is 0 Å². The molecular weight excluding hydrogens is 256 g/mol. The third-order valence-electron chi connectivity index (χ3n) is 4.22. The first-order chi connectivity index (χ1) is 9.24. The van der Waals surface area contributed by atoms with Crippen LogP contribution in [-0.2, 0) is 13.1 Å². The lowest BCUT2D eigenvalue weighted by Gasteiger charge is -2.33. The molecule has 106 valence electrons. The molecule has 0 atom stereocenters. The van der Waals surface area contributed by atoms with Crippen LogP contribution in [-0.4, -0.2) is 17.5 Å². The number of rotatable bonds is 5. The molecule has 2 nitrogen and oxygen atoms in total. The standard InChI is InChI=1S/C16H25ClN2/c1-2-19(15-6-4-3-5-7-15)12-14-9-8-13(11-18)10-16(14)17/h8-10,15H,2-7,11-12,18H2,1H3. The van der Waals surface area contributed by atoms with E-state index < -0.39 is 0 Å². The molecule has 0 spiro atoms. The van der Waals surface area contributed by atoms with Gasteiger partial charge in [0.15, 0.2) is 0 Å². The number of benzene rings is 1. The maximum absolute atomic E-state index is 6.37. The summed E-state index contributed by atoms with van der Waals surface area (Å²) in [6, 6.07) is 6.97. The van der Waals surface area contributed by atoms with Crippen LogP contribution in [0.4, 0.5) is 0 Å². The molecular formula is C16H25ClN2. The lowest BCUT2D eigenvalue weighted by atomic mass is 9.94. The van der Waals surface area contributed by atoms with E-state index in [9.17, 15) is 0 Å². The van der Waals surface area contributed by atoms with Crippen molar-refractivity contribution in [2.24, 2.45) is 5.73 Å². The number of nitrogens with zero attached hydrogens (tertiary/aromatic N) is 1. The Labute approximate surface area is 121 Å². The summed E-state index contributed by atoms with van der Waals surface area (Å²) in [6.07, 6.45) is 6.83. The monoisotopic (exact) mass is 280 g/mol. The predicted octanol–water partition coefficient (Wildman–Crippen LogP) is 3.95. The summed E-state index contributed by atoms with van der Waals surface area (Å²) < 4.78 is 0. The van der Waals surface area contributed by atoms with Crippen LogP contribution in [0.3, 0.4) is 0 Å². The quantitative estimate of drug-likeness (QED) is 0.885. The molecule has 19 heavy (non-hydrogen) atoms. The lowest BCUT2D eigenvalue weighted by molar-refractivity contribution is 0.156. The van der Waals surface area contributed by atoms with E-state index in [1.54, 1.807) is 0 Å². The fourth-order valence-corrected chi connectivity index (χ4v) is 3.27. The Bertz CT molecular complexity index is 400. The highest BCUT2D eigenvalue weighted by Crippen LogP contribution is 2.26. The number of hydrogen-bond acceptors (Lipinski definition) is 2. The summed E-state index contributed by atoms with van der Waals surface area (Å²) in [5, 5.41) is 0.859. The zero-order chi connectivity index (χ0) is 13.7. The summed E-state index contributed by atoms with van der Waals surface area (Å²) in [4.78, 5) is 2.57. The zero-order valence-electron chi connectivity index (χ0n) is 11.9. The lowest BCUT2D eigenvalue weighted by Crippen LogP contribution is -2.36. The average Bonchev–Trinajstić information content (AvgIpc) is 2.47. The van der Waals surface area contributed by atoms with Crippen molar-refractivity contribution in [2.45, 2.75) is 58.2 Å². The Morgan fingerprint density at radius 3 is 2.58 bits per heavy atom. The van der Waals surface area contributed by atoms with Gasteiger partial charge in [0.05, 0.1) is 0 Å². The third-order valence-corrected chi connectivity index (χ3v) is 4.58. The van der Waals surface area contributed by atoms with E-state index in [1.165, 1.54) is 37.7 Å². The van der Waals surface area contributed by atoms with Crippen LogP contribution in [0.25, 0.3) is 0 Å². The highest BCUT2D eigenvalue weighted by Gasteiger charge is 2.20. The molecule has 0 saturated heterocycles. The van der Waals surface area contributed by atoms with Crippen LogP contribution < -0.4 is 5.73 Å². The van der Waals surface area contributed by atoms with Crippen molar-refractivity contribution in [3.63, 3.8) is 0 Å². The summed E-state index contributed by atoms with van der Waals surface area (Å²) >= 11 is 6.37. The van der Waals surface area contributed by atoms with Crippen molar-refractivity contribution in [1.82, 2.24) is 4.90 Å². The van der Waals surface area contributed by atoms with Gasteiger partial charge < -0.3 is 5.73 Å². The SMILES string of the molecule is CCN(Cc1ccc(CN)cc1Cl)C1CCCCC1. The van der Waals surface area contributed by atoms with Gasteiger partial charge in [-0.1, -0.05) is 49.9 Å². The van der Waals surface area contributed by atoms with Crippen molar-refractivity contribution in [1.29, 1.82) is 0 Å². The Hall–Kier alpha value is -0.570. The van der Waals surface area contributed by atoms with Gasteiger partial charge in [-0.05, 0) is 36.6 Å². The third kappa shape index (κ3) is 3.95. The fourth-order valence-electron chi connectivity index (χ4n) is 3.01. The topological polar surface area (TPSA) is 29.3 Å². The molecule has 2 N–H and O–H groups in total. The van der Waals surface area contributed by atoms with E-state index in [1.807, 2.05) is 6.07 Å². The van der Waals surface area contributed by atoms with Crippen molar-refractivity contribution < 1.29 is 0 Å². The van der Waals surface area contributed by atoms with Crippen LogP contribution in [0.1, 0.15) is 50.2 Å². The summed E-state index contributed by atoms with van der Waals surface area (Å²) in [7, 11) is 0. The van der Waals surface area contributed by atoms with Crippen molar-refractivity contribution in [3.05, 3.63) is 34.3 Å². The highest BCUT2D eigenvalue weighted by atomic mass is 35.5. The molecule has 0 amide bonds. The molecule has 0 bridgehead atoms. The first-order valence-electron chi connectivity index (χ1n) is 7.46. The molecule has 1 aromatic carbocycles. The zero-order valence-corrected chi connectivity index (χ0v) is 12.6. The summed E-state index contributed by atoms with van der Waals surface area (Å²) in [6.45, 7) is 4.86. The Kier molecular flexibility index (Phi) is 5.68. The molecule has 1 fully saturated rings. The van der Waals surface area contributed by atoms with Gasteiger partial charge in [0.25, 0.3) is 0 Å². The van der Waals surface area contributed by atoms with Crippen molar-refractivity contribution in [3.8, 4) is 0 Å². The molecule has 0 radical (unpaired) electrons. The van der Waals surface area contributed by atoms with Crippen LogP contribution in [0.5, 0.6) is 0 Å². The second kappa shape index (κ2) is 7.28. The van der Waals surface area contributed by atoms with E-state index in [4.69, 9.17) is 17.3 Å². The Morgan fingerprint density at radius 1 is 1.26 bits per heavy atom. The minimum Gasteiger partial charge on any atom is -0.326 e. The molecule has 0 heterocycles. The van der Waals surface area contributed by atoms with Gasteiger partial charge in [-0.2, -0.15) is 0 Å². The first-order valence-corrected chi connectivity index (χ1v) is 7.83. The van der Waals surface area contributed by atoms with E-state index in [-0.39, 0.29) is 0 Å². The van der Waals surface area contributed by atoms with E-state index in [0.29, 0.717) is 6.54 Å². The first kappa shape index (κ1) is 14.8. The average molecular weight is 281 g/mol. The Balaban J connectivity index is 2.04. The summed E-state index contributed by atoms with van der Waals surface area (Å²) in [5.41, 5.74) is 7.98. The molecule has 3 heteroatoms. The molecule has 0 aliphatic heterocycles. The maximum Gasteiger partial charge on any atom is 0.0454 e. The second-order valence-corrected chi connectivity index (χ2v) is 5.89. The summed E-state index contributed by atoms with van der Waals surface area (Å²) in [5.74, 6) is 0. The van der Waals surface area contributed by atoms with E-state index in [0.717, 1.165) is 29.7 Å². The molecule has 2 rings (SSSR count). The van der Waals surface area contributed by atoms with Crippen LogP contribution >= 0.6 is 11.6 Å². The molecule has 0 aromatic heterocycles. The maximum atomic E-state index is 6.37. The van der Waals surface area contributed by atoms with Crippen LogP contribution in [0, 0.1) is 0 Å². The van der Waals surface area contributed by atoms with E-state index in [2.05, 4.69) is 24.0 Å². The normalized spacial score (nSPS) is 17.1. The molecule has 0 unspecified atom stereocenters. The van der Waals surface area contributed by atoms with Gasteiger partial charge in [-0.15, -0.1) is 0 Å². The second-order valence-electron chi connectivity index (χ2n) is 5.48. The van der Waals surface area contributed by atoms with Gasteiger partial charge >= 0.3 is 0 Å². The predicted molar refractivity (Wildman–Crippen MR) is 82.3 cm³/mol. The number of nitrogens with two attached hydrogens (primary N) is 1. The molecule has 1 aromatic rings. The van der Waals surface area contributed by atoms with Gasteiger partial charge in [0.1, 0.15) is 0 Å². The van der Waals surface area contributed by atoms with E-state index >= 15 is 0 Å². The molecule has 1 aliphatic carbocycles. The smallest absolute Gasteiger partial charge is 0.0454 e. The highest BCUT2D eigenvalue weighted by molar-refractivity contribution is 6.31. The minimum absolute atomic E-state index is 0.556. The van der Waals surface area contributed by atoms with Gasteiger partial charge in [0, 0.05) is 24.2 Å². The Morgan fingerprint density at radius 2 is 2.00 bits per heavy atom. The largest absolute Gasteiger partial charge is 0.326 e. The molecule has 1 saturated carbocycles. The number of halogens is 1. The van der Waals surface area contributed by atoms with Crippen LogP contribution in [0.15, 0.2) is 18.2 Å². The van der Waals surface area contributed by atoms with Gasteiger partial charge in [-0.3, -0.25) is 4.90 Å². The minimum atomic E-state index is 0.556. The van der Waals surface area contributed by atoms with Crippen LogP contribution in [0.2, 0.25) is 5.02 Å². The van der Waals surface area contributed by atoms with Crippen molar-refractivity contribution in [2.75, 3.05) is 6.54 Å². The van der Waals surface area contributed by atoms with Crippen molar-refractivity contribution >= 4 is 11.6 Å². The van der Waals surface area contributed by atoms with Gasteiger partial charge in [-0.25, -0.2) is 0 Å². The molecule has 1 aliphatic rings. The fraction of sp³-hybridized carbons (Fsp3) is 0.625. The number of hydrogen-bond donors (Lipinski definition) is 1.